The van der Waals surface area contributed by atoms with E-state index in [1.165, 1.54) is 6.07 Å². The van der Waals surface area contributed by atoms with Gasteiger partial charge in [0, 0.05) is 12.2 Å². The molecular weight excluding hydrogens is 206 g/mol. The van der Waals surface area contributed by atoms with E-state index in [9.17, 15) is 9.90 Å². The number of phenolic OH excluding ortho intramolecular Hbond substituents is 1. The third-order valence-corrected chi connectivity index (χ3v) is 2.60. The number of hydrogen-bond donors (Lipinski definition) is 2. The monoisotopic (exact) mass is 221 g/mol. The number of hydrogen-bond acceptors (Lipinski definition) is 3. The summed E-state index contributed by atoms with van der Waals surface area (Å²) in [6.45, 7) is 1.35. The minimum atomic E-state index is -0.161. The molecule has 0 spiro atoms. The molecule has 2 rings (SSSR count). The van der Waals surface area contributed by atoms with Crippen molar-refractivity contribution in [3.05, 3.63) is 29.8 Å². The largest absolute Gasteiger partial charge is 0.508 e. The van der Waals surface area contributed by atoms with Gasteiger partial charge in [0.25, 0.3) is 5.91 Å². The summed E-state index contributed by atoms with van der Waals surface area (Å²) in [6, 6.07) is 6.42. The van der Waals surface area contributed by atoms with Gasteiger partial charge in [0.15, 0.2) is 0 Å². The van der Waals surface area contributed by atoms with Crippen molar-refractivity contribution in [3.63, 3.8) is 0 Å². The number of phenols is 1. The van der Waals surface area contributed by atoms with Gasteiger partial charge < -0.3 is 15.2 Å². The number of carbonyl (C=O) groups is 1. The third-order valence-electron chi connectivity index (χ3n) is 2.60. The van der Waals surface area contributed by atoms with Crippen LogP contribution in [0.5, 0.6) is 5.75 Å². The quantitative estimate of drug-likeness (QED) is 0.791. The maximum atomic E-state index is 11.8. The van der Waals surface area contributed by atoms with E-state index in [0.717, 1.165) is 19.4 Å². The topological polar surface area (TPSA) is 58.6 Å². The summed E-state index contributed by atoms with van der Waals surface area (Å²) in [5, 5.41) is 12.2. The molecule has 1 fully saturated rings. The van der Waals surface area contributed by atoms with Crippen LogP contribution >= 0.6 is 0 Å². The van der Waals surface area contributed by atoms with Crippen LogP contribution in [0.4, 0.5) is 0 Å². The van der Waals surface area contributed by atoms with E-state index in [-0.39, 0.29) is 17.7 Å². The van der Waals surface area contributed by atoms with E-state index < -0.39 is 0 Å². The first-order valence-electron chi connectivity index (χ1n) is 5.43. The highest BCUT2D eigenvalue weighted by Crippen LogP contribution is 2.12. The molecule has 16 heavy (non-hydrogen) atoms. The smallest absolute Gasteiger partial charge is 0.251 e. The molecule has 1 atom stereocenters. The standard InChI is InChI=1S/C12H15NO3/c14-11-5-1-3-9(7-11)12(15)13-10-4-2-6-16-8-10/h1,3,5,7,10,14H,2,4,6,8H2,(H,13,15). The molecule has 1 amide bonds. The molecule has 1 aromatic rings. The number of benzene rings is 1. The highest BCUT2D eigenvalue weighted by Gasteiger charge is 2.17. The summed E-state index contributed by atoms with van der Waals surface area (Å²) in [4.78, 5) is 11.8. The zero-order valence-corrected chi connectivity index (χ0v) is 8.98. The lowest BCUT2D eigenvalue weighted by atomic mass is 10.1. The summed E-state index contributed by atoms with van der Waals surface area (Å²) in [5.74, 6) is -0.0565. The van der Waals surface area contributed by atoms with Gasteiger partial charge in [-0.1, -0.05) is 6.07 Å². The van der Waals surface area contributed by atoms with Gasteiger partial charge in [-0.25, -0.2) is 0 Å². The normalized spacial score (nSPS) is 20.4. The predicted octanol–water partition coefficient (Wildman–Crippen LogP) is 1.30. The van der Waals surface area contributed by atoms with Crippen LogP contribution in [0.2, 0.25) is 0 Å². The Labute approximate surface area is 94.2 Å². The van der Waals surface area contributed by atoms with Crippen LogP contribution in [0.25, 0.3) is 0 Å². The Morgan fingerprint density at radius 3 is 3.06 bits per heavy atom. The van der Waals surface area contributed by atoms with Crippen molar-refractivity contribution >= 4 is 5.91 Å². The number of carbonyl (C=O) groups excluding carboxylic acids is 1. The number of nitrogens with one attached hydrogen (secondary N) is 1. The molecule has 1 aliphatic heterocycles. The van der Waals surface area contributed by atoms with Gasteiger partial charge >= 0.3 is 0 Å². The van der Waals surface area contributed by atoms with Crippen molar-refractivity contribution in [2.45, 2.75) is 18.9 Å². The third kappa shape index (κ3) is 2.73. The molecule has 0 radical (unpaired) electrons. The Balaban J connectivity index is 1.97. The van der Waals surface area contributed by atoms with Gasteiger partial charge in [-0.3, -0.25) is 4.79 Å². The molecule has 1 heterocycles. The van der Waals surface area contributed by atoms with E-state index in [4.69, 9.17) is 4.74 Å². The van der Waals surface area contributed by atoms with Gasteiger partial charge in [-0.2, -0.15) is 0 Å². The van der Waals surface area contributed by atoms with Crippen LogP contribution in [0.1, 0.15) is 23.2 Å². The molecule has 2 N–H and O–H groups in total. The number of aromatic hydroxyl groups is 1. The number of ether oxygens (including phenoxy) is 1. The summed E-state index contributed by atoms with van der Waals surface area (Å²) in [7, 11) is 0. The SMILES string of the molecule is O=C(NC1CCCOC1)c1cccc(O)c1. The lowest BCUT2D eigenvalue weighted by molar-refractivity contribution is 0.0624. The van der Waals surface area contributed by atoms with E-state index in [1.54, 1.807) is 18.2 Å². The molecule has 4 nitrogen and oxygen atoms in total. The zero-order chi connectivity index (χ0) is 11.4. The fourth-order valence-corrected chi connectivity index (χ4v) is 1.77. The minimum Gasteiger partial charge on any atom is -0.508 e. The van der Waals surface area contributed by atoms with E-state index in [0.29, 0.717) is 12.2 Å². The second-order valence-corrected chi connectivity index (χ2v) is 3.94. The van der Waals surface area contributed by atoms with Crippen molar-refractivity contribution in [2.24, 2.45) is 0 Å². The molecule has 0 aliphatic carbocycles. The first-order chi connectivity index (χ1) is 7.75. The average molecular weight is 221 g/mol. The molecule has 0 bridgehead atoms. The summed E-state index contributed by atoms with van der Waals surface area (Å²) >= 11 is 0. The Morgan fingerprint density at radius 1 is 1.50 bits per heavy atom. The van der Waals surface area contributed by atoms with Crippen molar-refractivity contribution < 1.29 is 14.6 Å². The number of rotatable bonds is 2. The second-order valence-electron chi connectivity index (χ2n) is 3.94. The van der Waals surface area contributed by atoms with Crippen molar-refractivity contribution in [1.29, 1.82) is 0 Å². The van der Waals surface area contributed by atoms with E-state index in [1.807, 2.05) is 0 Å². The Morgan fingerprint density at radius 2 is 2.38 bits per heavy atom. The average Bonchev–Trinajstić information content (AvgIpc) is 2.30. The molecule has 0 aromatic heterocycles. The minimum absolute atomic E-state index is 0.0867. The van der Waals surface area contributed by atoms with Gasteiger partial charge in [0.1, 0.15) is 5.75 Å². The highest BCUT2D eigenvalue weighted by molar-refractivity contribution is 5.94. The van der Waals surface area contributed by atoms with E-state index >= 15 is 0 Å². The fraction of sp³-hybridized carbons (Fsp3) is 0.417. The van der Waals surface area contributed by atoms with Crippen LogP contribution in [-0.4, -0.2) is 30.3 Å². The summed E-state index contributed by atoms with van der Waals surface area (Å²) in [5.41, 5.74) is 0.477. The highest BCUT2D eigenvalue weighted by atomic mass is 16.5. The maximum absolute atomic E-state index is 11.8. The van der Waals surface area contributed by atoms with Crippen LogP contribution in [-0.2, 0) is 4.74 Å². The van der Waals surface area contributed by atoms with Crippen LogP contribution in [0.15, 0.2) is 24.3 Å². The molecule has 0 saturated carbocycles. The van der Waals surface area contributed by atoms with Crippen molar-refractivity contribution in [2.75, 3.05) is 13.2 Å². The molecule has 86 valence electrons. The van der Waals surface area contributed by atoms with Gasteiger partial charge in [-0.15, -0.1) is 0 Å². The van der Waals surface area contributed by atoms with Crippen LogP contribution < -0.4 is 5.32 Å². The zero-order valence-electron chi connectivity index (χ0n) is 8.98. The second kappa shape index (κ2) is 4.99. The Kier molecular flexibility index (Phi) is 3.41. The first kappa shape index (κ1) is 11.0. The molecule has 1 saturated heterocycles. The maximum Gasteiger partial charge on any atom is 0.251 e. The van der Waals surface area contributed by atoms with Crippen LogP contribution in [0.3, 0.4) is 0 Å². The van der Waals surface area contributed by atoms with Crippen LogP contribution in [0, 0.1) is 0 Å². The van der Waals surface area contributed by atoms with Gasteiger partial charge in [0.2, 0.25) is 0 Å². The Hall–Kier alpha value is -1.55. The van der Waals surface area contributed by atoms with Gasteiger partial charge in [0.05, 0.1) is 12.6 Å². The fourth-order valence-electron chi connectivity index (χ4n) is 1.77. The Bertz CT molecular complexity index is 372. The first-order valence-corrected chi connectivity index (χ1v) is 5.43. The molecule has 1 unspecified atom stereocenters. The molecule has 1 aliphatic rings. The summed E-state index contributed by atoms with van der Waals surface area (Å²) < 4.78 is 5.28. The molecular formula is C12H15NO3. The van der Waals surface area contributed by atoms with Gasteiger partial charge in [-0.05, 0) is 31.0 Å². The van der Waals surface area contributed by atoms with Crippen molar-refractivity contribution in [1.82, 2.24) is 5.32 Å². The predicted molar refractivity (Wildman–Crippen MR) is 59.4 cm³/mol. The molecule has 4 heteroatoms. The molecule has 1 aromatic carbocycles. The van der Waals surface area contributed by atoms with Crippen molar-refractivity contribution in [3.8, 4) is 5.75 Å². The summed E-state index contributed by atoms with van der Waals surface area (Å²) in [6.07, 6.45) is 1.93. The lowest BCUT2D eigenvalue weighted by Gasteiger charge is -2.23. The lowest BCUT2D eigenvalue weighted by Crippen LogP contribution is -2.40. The van der Waals surface area contributed by atoms with E-state index in [2.05, 4.69) is 5.32 Å². The number of amides is 1.